The third-order valence-corrected chi connectivity index (χ3v) is 7.52. The van der Waals surface area contributed by atoms with Crippen molar-refractivity contribution in [2.24, 2.45) is 0 Å². The van der Waals surface area contributed by atoms with Gasteiger partial charge in [0.1, 0.15) is 18.1 Å². The van der Waals surface area contributed by atoms with Crippen molar-refractivity contribution in [2.75, 3.05) is 31.1 Å². The Labute approximate surface area is 215 Å². The largest absolute Gasteiger partial charge is 0.486 e. The first kappa shape index (κ1) is 23.9. The highest BCUT2D eigenvalue weighted by atomic mass is 19.1. The van der Waals surface area contributed by atoms with E-state index < -0.39 is 11.6 Å². The lowest BCUT2D eigenvalue weighted by molar-refractivity contribution is 0.287. The van der Waals surface area contributed by atoms with E-state index in [-0.39, 0.29) is 17.5 Å². The summed E-state index contributed by atoms with van der Waals surface area (Å²) in [5, 5.41) is 4.67. The van der Waals surface area contributed by atoms with Crippen LogP contribution in [0.4, 0.5) is 14.5 Å². The van der Waals surface area contributed by atoms with Crippen molar-refractivity contribution in [1.29, 1.82) is 0 Å². The molecular formula is C29H31F2N5O. The number of rotatable bonds is 5. The smallest absolute Gasteiger partial charge is 0.178 e. The molecule has 2 aliphatic heterocycles. The van der Waals surface area contributed by atoms with Crippen LogP contribution in [0.5, 0.6) is 5.75 Å². The highest BCUT2D eigenvalue weighted by Gasteiger charge is 2.26. The van der Waals surface area contributed by atoms with Gasteiger partial charge < -0.3 is 19.9 Å². The quantitative estimate of drug-likeness (QED) is 0.373. The van der Waals surface area contributed by atoms with Gasteiger partial charge in [-0.15, -0.1) is 0 Å². The zero-order valence-corrected chi connectivity index (χ0v) is 21.2. The van der Waals surface area contributed by atoms with E-state index in [0.29, 0.717) is 42.6 Å². The number of nitrogens with zero attached hydrogens (tertiary/aromatic N) is 3. The highest BCUT2D eigenvalue weighted by Crippen LogP contribution is 2.39. The van der Waals surface area contributed by atoms with Gasteiger partial charge in [-0.3, -0.25) is 0 Å². The van der Waals surface area contributed by atoms with Crippen LogP contribution in [0.25, 0.3) is 22.2 Å². The van der Waals surface area contributed by atoms with Gasteiger partial charge in [-0.25, -0.2) is 18.7 Å². The molecule has 0 unspecified atom stereocenters. The highest BCUT2D eigenvalue weighted by molar-refractivity contribution is 5.84. The first-order valence-electron chi connectivity index (χ1n) is 13.0. The van der Waals surface area contributed by atoms with Crippen LogP contribution in [0.2, 0.25) is 0 Å². The first-order chi connectivity index (χ1) is 18.0. The summed E-state index contributed by atoms with van der Waals surface area (Å²) in [5.41, 5.74) is 4.57. The van der Waals surface area contributed by atoms with Crippen molar-refractivity contribution in [3.63, 3.8) is 0 Å². The van der Waals surface area contributed by atoms with Gasteiger partial charge in [0.2, 0.25) is 0 Å². The summed E-state index contributed by atoms with van der Waals surface area (Å²) in [4.78, 5) is 14.3. The molecule has 0 saturated carbocycles. The number of benzene rings is 2. The molecule has 2 N–H and O–H groups in total. The predicted molar refractivity (Wildman–Crippen MR) is 141 cm³/mol. The minimum absolute atomic E-state index is 0.0927. The number of hydrogen-bond acceptors (Lipinski definition) is 5. The average molecular weight is 504 g/mol. The van der Waals surface area contributed by atoms with Gasteiger partial charge in [-0.05, 0) is 75.0 Å². The molecule has 0 spiro atoms. The number of fused-ring (bicyclic) bond motifs is 2. The van der Waals surface area contributed by atoms with Crippen molar-refractivity contribution in [3.05, 3.63) is 71.3 Å². The van der Waals surface area contributed by atoms with Crippen molar-refractivity contribution < 1.29 is 13.5 Å². The molecule has 37 heavy (non-hydrogen) atoms. The van der Waals surface area contributed by atoms with Crippen molar-refractivity contribution >= 4 is 16.6 Å². The Morgan fingerprint density at radius 1 is 1.11 bits per heavy atom. The molecule has 6 nitrogen and oxygen atoms in total. The number of nitrogens with one attached hydrogen (secondary N) is 2. The number of hydrogen-bond donors (Lipinski definition) is 2. The molecule has 4 heterocycles. The van der Waals surface area contributed by atoms with Crippen LogP contribution in [0.15, 0.2) is 42.7 Å². The third-order valence-electron chi connectivity index (χ3n) is 7.52. The molecular weight excluding hydrogens is 472 g/mol. The number of aromatic amines is 1. The second-order valence-electron chi connectivity index (χ2n) is 10.2. The Bertz CT molecular complexity index is 1440. The number of aromatic nitrogens is 3. The summed E-state index contributed by atoms with van der Waals surface area (Å²) in [5.74, 6) is 0.164. The van der Waals surface area contributed by atoms with Crippen LogP contribution < -0.4 is 15.0 Å². The number of halogens is 2. The fourth-order valence-corrected chi connectivity index (χ4v) is 5.63. The average Bonchev–Trinajstić information content (AvgIpc) is 3.33. The van der Waals surface area contributed by atoms with Crippen LogP contribution >= 0.6 is 0 Å². The van der Waals surface area contributed by atoms with E-state index in [2.05, 4.69) is 49.6 Å². The summed E-state index contributed by atoms with van der Waals surface area (Å²) in [6.07, 6.45) is 6.04. The molecule has 0 radical (unpaired) electrons. The van der Waals surface area contributed by atoms with Crippen LogP contribution in [0.3, 0.4) is 0 Å². The van der Waals surface area contributed by atoms with Gasteiger partial charge in [0.15, 0.2) is 17.4 Å². The van der Waals surface area contributed by atoms with Gasteiger partial charge in [0.05, 0.1) is 18.4 Å². The maximum Gasteiger partial charge on any atom is 0.178 e. The molecule has 2 aliphatic rings. The Hall–Kier alpha value is -3.52. The summed E-state index contributed by atoms with van der Waals surface area (Å²) in [7, 11) is 0. The number of anilines is 1. The zero-order valence-electron chi connectivity index (χ0n) is 21.2. The zero-order chi connectivity index (χ0) is 25.5. The van der Waals surface area contributed by atoms with Gasteiger partial charge in [0.25, 0.3) is 0 Å². The minimum atomic E-state index is -0.581. The Morgan fingerprint density at radius 3 is 2.76 bits per heavy atom. The molecule has 8 heteroatoms. The minimum Gasteiger partial charge on any atom is -0.486 e. The lowest BCUT2D eigenvalue weighted by Gasteiger charge is -2.34. The van der Waals surface area contributed by atoms with E-state index in [4.69, 9.17) is 4.74 Å². The topological polar surface area (TPSA) is 66.1 Å². The number of piperidine rings is 1. The standard InChI is InChI=1S/C29H31F2N5O/c1-17(2)36-9-10-37-29-23(30)13-20(14-26(29)36)28-24(31)16-34-27(35-28)12-18-3-4-21-22(15-33-25(21)11-18)19-5-7-32-8-6-19/h3-4,11,13-17,19,32-33H,5-10,12H2,1-2H3. The molecule has 1 saturated heterocycles. The molecule has 6 rings (SSSR count). The lowest BCUT2D eigenvalue weighted by atomic mass is 9.90. The maximum absolute atomic E-state index is 15.0. The van der Waals surface area contributed by atoms with Gasteiger partial charge in [-0.1, -0.05) is 12.1 Å². The molecule has 0 amide bonds. The van der Waals surface area contributed by atoms with Crippen molar-refractivity contribution in [1.82, 2.24) is 20.3 Å². The first-order valence-corrected chi connectivity index (χ1v) is 13.0. The van der Waals surface area contributed by atoms with Crippen LogP contribution in [-0.2, 0) is 6.42 Å². The van der Waals surface area contributed by atoms with Gasteiger partial charge >= 0.3 is 0 Å². The maximum atomic E-state index is 15.0. The van der Waals surface area contributed by atoms with E-state index in [9.17, 15) is 8.78 Å². The Morgan fingerprint density at radius 2 is 1.95 bits per heavy atom. The number of ether oxygens (including phenoxy) is 1. The number of H-pyrrole nitrogens is 1. The van der Waals surface area contributed by atoms with Crippen molar-refractivity contribution in [2.45, 2.75) is 45.1 Å². The molecule has 0 aliphatic carbocycles. The summed E-state index contributed by atoms with van der Waals surface area (Å²) >= 11 is 0. The lowest BCUT2D eigenvalue weighted by Crippen LogP contribution is -2.38. The fraction of sp³-hybridized carbons (Fsp3) is 0.379. The third kappa shape index (κ3) is 4.55. The summed E-state index contributed by atoms with van der Waals surface area (Å²) in [6.45, 7) is 7.25. The SMILES string of the molecule is CC(C)N1CCOc2c(F)cc(-c3nc(Cc4ccc5c(C6CCNCC6)c[nH]c5c4)ncc3F)cc21. The normalized spacial score (nSPS) is 16.3. The molecule has 4 aromatic rings. The Kier molecular flexibility index (Phi) is 6.28. The van der Waals surface area contributed by atoms with E-state index >= 15 is 0 Å². The van der Waals surface area contributed by atoms with E-state index in [1.165, 1.54) is 23.2 Å². The predicted octanol–water partition coefficient (Wildman–Crippen LogP) is 5.57. The second-order valence-corrected chi connectivity index (χ2v) is 10.2. The molecule has 0 atom stereocenters. The van der Waals surface area contributed by atoms with Gasteiger partial charge in [-0.2, -0.15) is 0 Å². The van der Waals surface area contributed by atoms with E-state index in [1.54, 1.807) is 6.07 Å². The molecule has 1 fully saturated rings. The molecule has 2 aromatic heterocycles. The van der Waals surface area contributed by atoms with Crippen LogP contribution in [0, 0.1) is 11.6 Å². The van der Waals surface area contributed by atoms with Crippen LogP contribution in [0.1, 0.15) is 49.6 Å². The fourth-order valence-electron chi connectivity index (χ4n) is 5.63. The van der Waals surface area contributed by atoms with Gasteiger partial charge in [0, 0.05) is 35.1 Å². The van der Waals surface area contributed by atoms with E-state index in [0.717, 1.165) is 37.0 Å². The molecule has 0 bridgehead atoms. The van der Waals surface area contributed by atoms with Crippen molar-refractivity contribution in [3.8, 4) is 17.0 Å². The van der Waals surface area contributed by atoms with Crippen LogP contribution in [-0.4, -0.2) is 47.2 Å². The van der Waals surface area contributed by atoms with E-state index in [1.807, 2.05) is 13.8 Å². The summed E-state index contributed by atoms with van der Waals surface area (Å²) in [6, 6.07) is 9.57. The Balaban J connectivity index is 1.30. The molecule has 2 aromatic carbocycles. The monoisotopic (exact) mass is 503 g/mol. The second kappa shape index (κ2) is 9.74. The summed E-state index contributed by atoms with van der Waals surface area (Å²) < 4.78 is 35.5. The molecule has 192 valence electrons.